The van der Waals surface area contributed by atoms with E-state index < -0.39 is 0 Å². The maximum atomic E-state index is 5.32. The molecule has 84 valence electrons. The number of hydrogen-bond donors (Lipinski definition) is 1. The fraction of sp³-hybridized carbons (Fsp3) is 0.250. The number of benzene rings is 1. The van der Waals surface area contributed by atoms with Crippen LogP contribution in [0.3, 0.4) is 0 Å². The van der Waals surface area contributed by atoms with Crippen LogP contribution in [0.15, 0.2) is 29.8 Å². The van der Waals surface area contributed by atoms with Crippen LogP contribution in [-0.4, -0.2) is 12.1 Å². The number of ether oxygens (including phenoxy) is 1. The van der Waals surface area contributed by atoms with Crippen molar-refractivity contribution in [3.63, 3.8) is 0 Å². The standard InChI is InChI=1S/C12H14N2OS/c1-9-3-4-10(11(7-9)15-2)14-8-12-13-5-6-16-12/h3-7,14H,8H2,1-2H3. The van der Waals surface area contributed by atoms with Crippen molar-refractivity contribution in [2.45, 2.75) is 13.5 Å². The van der Waals surface area contributed by atoms with Crippen LogP contribution in [0, 0.1) is 6.92 Å². The van der Waals surface area contributed by atoms with Crippen molar-refractivity contribution in [1.82, 2.24) is 4.98 Å². The second-order valence-electron chi connectivity index (χ2n) is 3.48. The van der Waals surface area contributed by atoms with Crippen molar-refractivity contribution in [1.29, 1.82) is 0 Å². The first-order valence-electron chi connectivity index (χ1n) is 5.06. The van der Waals surface area contributed by atoms with Crippen LogP contribution in [0.1, 0.15) is 10.6 Å². The average Bonchev–Trinajstić information content (AvgIpc) is 2.80. The molecule has 1 aromatic carbocycles. The Bertz CT molecular complexity index is 454. The number of anilines is 1. The van der Waals surface area contributed by atoms with Gasteiger partial charge in [-0.25, -0.2) is 4.98 Å². The van der Waals surface area contributed by atoms with Gasteiger partial charge in [-0.2, -0.15) is 0 Å². The number of thiazole rings is 1. The van der Waals surface area contributed by atoms with Crippen molar-refractivity contribution in [2.75, 3.05) is 12.4 Å². The van der Waals surface area contributed by atoms with Gasteiger partial charge in [0.25, 0.3) is 0 Å². The molecule has 4 heteroatoms. The molecule has 16 heavy (non-hydrogen) atoms. The van der Waals surface area contributed by atoms with Gasteiger partial charge in [0.2, 0.25) is 0 Å². The summed E-state index contributed by atoms with van der Waals surface area (Å²) in [4.78, 5) is 4.22. The van der Waals surface area contributed by atoms with Crippen LogP contribution in [0.4, 0.5) is 5.69 Å². The molecule has 0 unspecified atom stereocenters. The van der Waals surface area contributed by atoms with Crippen LogP contribution in [0.25, 0.3) is 0 Å². The largest absolute Gasteiger partial charge is 0.495 e. The van der Waals surface area contributed by atoms with E-state index in [-0.39, 0.29) is 0 Å². The van der Waals surface area contributed by atoms with Crippen molar-refractivity contribution in [2.24, 2.45) is 0 Å². The molecular weight excluding hydrogens is 220 g/mol. The summed E-state index contributed by atoms with van der Waals surface area (Å²) in [7, 11) is 1.68. The molecule has 0 aliphatic rings. The first kappa shape index (κ1) is 11.0. The predicted molar refractivity (Wildman–Crippen MR) is 67.2 cm³/mol. The number of aryl methyl sites for hydroxylation is 1. The average molecular weight is 234 g/mol. The Morgan fingerprint density at radius 2 is 2.31 bits per heavy atom. The van der Waals surface area contributed by atoms with E-state index >= 15 is 0 Å². The Labute approximate surface area is 99.1 Å². The summed E-state index contributed by atoms with van der Waals surface area (Å²) in [5, 5.41) is 6.36. The predicted octanol–water partition coefficient (Wildman–Crippen LogP) is 3.07. The van der Waals surface area contributed by atoms with E-state index in [1.165, 1.54) is 5.56 Å². The molecule has 0 fully saturated rings. The van der Waals surface area contributed by atoms with Gasteiger partial charge in [-0.3, -0.25) is 0 Å². The third kappa shape index (κ3) is 2.52. The molecule has 0 saturated heterocycles. The molecular formula is C12H14N2OS. The highest BCUT2D eigenvalue weighted by atomic mass is 32.1. The van der Waals surface area contributed by atoms with Crippen molar-refractivity contribution >= 4 is 17.0 Å². The van der Waals surface area contributed by atoms with E-state index in [2.05, 4.69) is 16.4 Å². The first-order chi connectivity index (χ1) is 7.79. The molecule has 0 bridgehead atoms. The van der Waals surface area contributed by atoms with Crippen molar-refractivity contribution < 1.29 is 4.74 Å². The monoisotopic (exact) mass is 234 g/mol. The number of hydrogen-bond acceptors (Lipinski definition) is 4. The van der Waals surface area contributed by atoms with E-state index in [1.807, 2.05) is 30.6 Å². The molecule has 1 heterocycles. The lowest BCUT2D eigenvalue weighted by Gasteiger charge is -2.10. The first-order valence-corrected chi connectivity index (χ1v) is 5.94. The Morgan fingerprint density at radius 1 is 1.44 bits per heavy atom. The lowest BCUT2D eigenvalue weighted by atomic mass is 10.2. The number of rotatable bonds is 4. The Morgan fingerprint density at radius 3 is 3.00 bits per heavy atom. The number of methoxy groups -OCH3 is 1. The molecule has 0 aliphatic carbocycles. The zero-order chi connectivity index (χ0) is 11.4. The number of nitrogens with zero attached hydrogens (tertiary/aromatic N) is 1. The van der Waals surface area contributed by atoms with Gasteiger partial charge in [-0.15, -0.1) is 11.3 Å². The van der Waals surface area contributed by atoms with Gasteiger partial charge in [0.05, 0.1) is 19.3 Å². The summed E-state index contributed by atoms with van der Waals surface area (Å²) < 4.78 is 5.32. The highest BCUT2D eigenvalue weighted by molar-refractivity contribution is 7.09. The fourth-order valence-electron chi connectivity index (χ4n) is 1.46. The Balaban J connectivity index is 2.09. The second kappa shape index (κ2) is 4.99. The van der Waals surface area contributed by atoms with Crippen molar-refractivity contribution in [3.8, 4) is 5.75 Å². The van der Waals surface area contributed by atoms with Gasteiger partial charge in [0.15, 0.2) is 0 Å². The smallest absolute Gasteiger partial charge is 0.142 e. The highest BCUT2D eigenvalue weighted by Crippen LogP contribution is 2.25. The third-order valence-corrected chi connectivity index (χ3v) is 3.05. The molecule has 0 atom stereocenters. The summed E-state index contributed by atoms with van der Waals surface area (Å²) in [6, 6.07) is 6.11. The van der Waals surface area contributed by atoms with E-state index in [9.17, 15) is 0 Å². The summed E-state index contributed by atoms with van der Waals surface area (Å²) in [6.45, 7) is 2.78. The quantitative estimate of drug-likeness (QED) is 0.882. The normalized spacial score (nSPS) is 10.1. The molecule has 3 nitrogen and oxygen atoms in total. The number of aromatic nitrogens is 1. The van der Waals surface area contributed by atoms with E-state index in [0.717, 1.165) is 23.0 Å². The minimum absolute atomic E-state index is 0.733. The molecule has 0 aliphatic heterocycles. The molecule has 1 N–H and O–H groups in total. The minimum atomic E-state index is 0.733. The lowest BCUT2D eigenvalue weighted by Crippen LogP contribution is -2.01. The van der Waals surface area contributed by atoms with Crippen molar-refractivity contribution in [3.05, 3.63) is 40.3 Å². The van der Waals surface area contributed by atoms with Crippen LogP contribution in [0.2, 0.25) is 0 Å². The van der Waals surface area contributed by atoms with E-state index in [1.54, 1.807) is 18.4 Å². The zero-order valence-corrected chi connectivity index (χ0v) is 10.2. The molecule has 1 aromatic heterocycles. The van der Waals surface area contributed by atoms with Gasteiger partial charge in [-0.05, 0) is 24.6 Å². The van der Waals surface area contributed by atoms with Gasteiger partial charge in [0.1, 0.15) is 10.8 Å². The SMILES string of the molecule is COc1cc(C)ccc1NCc1nccs1. The molecule has 0 saturated carbocycles. The minimum Gasteiger partial charge on any atom is -0.495 e. The fourth-order valence-corrected chi connectivity index (χ4v) is 2.01. The molecule has 2 aromatic rings. The zero-order valence-electron chi connectivity index (χ0n) is 9.36. The number of nitrogens with one attached hydrogen (secondary N) is 1. The molecule has 0 spiro atoms. The topological polar surface area (TPSA) is 34.1 Å². The lowest BCUT2D eigenvalue weighted by molar-refractivity contribution is 0.416. The van der Waals surface area contributed by atoms with Crippen LogP contribution in [0.5, 0.6) is 5.75 Å². The summed E-state index contributed by atoms with van der Waals surface area (Å²) in [6.07, 6.45) is 1.81. The van der Waals surface area contributed by atoms with Gasteiger partial charge >= 0.3 is 0 Å². The molecule has 2 rings (SSSR count). The molecule has 0 amide bonds. The second-order valence-corrected chi connectivity index (χ2v) is 4.46. The van der Waals surface area contributed by atoms with Gasteiger partial charge in [-0.1, -0.05) is 6.07 Å². The van der Waals surface area contributed by atoms with Crippen LogP contribution in [-0.2, 0) is 6.54 Å². The van der Waals surface area contributed by atoms with Gasteiger partial charge < -0.3 is 10.1 Å². The summed E-state index contributed by atoms with van der Waals surface area (Å²) >= 11 is 1.64. The summed E-state index contributed by atoms with van der Waals surface area (Å²) in [5.74, 6) is 0.872. The maximum absolute atomic E-state index is 5.32. The Kier molecular flexibility index (Phi) is 3.41. The van der Waals surface area contributed by atoms with E-state index in [4.69, 9.17) is 4.74 Å². The highest BCUT2D eigenvalue weighted by Gasteiger charge is 2.03. The Hall–Kier alpha value is -1.55. The van der Waals surface area contributed by atoms with Gasteiger partial charge in [0, 0.05) is 11.6 Å². The molecule has 0 radical (unpaired) electrons. The van der Waals surface area contributed by atoms with Crippen LogP contribution < -0.4 is 10.1 Å². The van der Waals surface area contributed by atoms with E-state index in [0.29, 0.717) is 0 Å². The summed E-state index contributed by atoms with van der Waals surface area (Å²) in [5.41, 5.74) is 2.19. The van der Waals surface area contributed by atoms with Crippen LogP contribution >= 0.6 is 11.3 Å². The third-order valence-electron chi connectivity index (χ3n) is 2.27. The maximum Gasteiger partial charge on any atom is 0.142 e.